The Morgan fingerprint density at radius 2 is 0.863 bits per heavy atom. The zero-order chi connectivity index (χ0) is 39.3. The van der Waals surface area contributed by atoms with Crippen molar-refractivity contribution in [3.63, 3.8) is 0 Å². The van der Waals surface area contributed by atoms with Crippen molar-refractivity contribution in [3.05, 3.63) is 66.2 Å². The Hall–Kier alpha value is -2.24. The molecule has 0 aliphatic rings. The first-order chi connectivity index (χ1) is 23.2. The second-order valence-corrected chi connectivity index (χ2v) is 17.4. The van der Waals surface area contributed by atoms with Crippen LogP contribution in [0.2, 0.25) is 0 Å². The number of aromatic nitrogens is 4. The zero-order valence-corrected chi connectivity index (χ0v) is 30.5. The predicted octanol–water partition coefficient (Wildman–Crippen LogP) is -1.59. The van der Waals surface area contributed by atoms with E-state index in [2.05, 4.69) is 22.0 Å². The summed E-state index contributed by atoms with van der Waals surface area (Å²) in [6, 6.07) is -0.394. The second-order valence-electron chi connectivity index (χ2n) is 11.1. The molecule has 0 aliphatic heterocycles. The van der Waals surface area contributed by atoms with Gasteiger partial charge >= 0.3 is 42.7 Å². The molecule has 25 nitrogen and oxygen atoms in total. The lowest BCUT2D eigenvalue weighted by Gasteiger charge is -2.29. The number of aromatic amines is 2. The largest absolute Gasteiger partial charge is 0.490 e. The molecule has 10 N–H and O–H groups in total. The first kappa shape index (κ1) is 44.9. The van der Waals surface area contributed by atoms with Gasteiger partial charge in [0, 0.05) is 36.4 Å². The van der Waals surface area contributed by atoms with Crippen LogP contribution in [-0.4, -0.2) is 96.7 Å². The number of nitrogens with zero attached hydrogens (tertiary/aromatic N) is 2. The molecule has 0 fully saturated rings. The van der Waals surface area contributed by atoms with Gasteiger partial charge in [-0.1, -0.05) is 13.8 Å². The number of phosphoric ester groups is 2. The smallest absolute Gasteiger partial charge is 0.390 e. The van der Waals surface area contributed by atoms with Crippen molar-refractivity contribution in [1.29, 1.82) is 0 Å². The Morgan fingerprint density at radius 1 is 0.569 bits per heavy atom. The lowest BCUT2D eigenvalue weighted by Crippen LogP contribution is -2.43. The minimum Gasteiger partial charge on any atom is -0.390 e. The molecule has 0 radical (unpaired) electrons. The minimum atomic E-state index is -6.17. The van der Waals surface area contributed by atoms with Crippen molar-refractivity contribution in [2.24, 2.45) is 11.8 Å². The Balaban J connectivity index is 1.95. The molecular weight excluding hydrogens is 780 g/mol. The predicted molar refractivity (Wildman–Crippen MR) is 169 cm³/mol. The number of H-pyrrole nitrogens is 2. The number of rotatable bonds is 20. The third-order valence-electron chi connectivity index (χ3n) is 7.05. The number of phosphoric acid groups is 4. The maximum Gasteiger partial charge on any atom is 0.490 e. The molecule has 2 rings (SSSR count). The van der Waals surface area contributed by atoms with E-state index in [1.165, 1.54) is 13.8 Å². The quantitative estimate of drug-likeness (QED) is 0.0673. The van der Waals surface area contributed by atoms with Gasteiger partial charge in [-0.2, -0.15) is 12.9 Å². The van der Waals surface area contributed by atoms with E-state index < -0.39 is 115 Å². The van der Waals surface area contributed by atoms with Crippen LogP contribution in [-0.2, 0) is 40.2 Å². The van der Waals surface area contributed by atoms with Crippen molar-refractivity contribution in [3.8, 4) is 0 Å². The molecule has 292 valence electrons. The molecular formula is C22H38N4O21P4. The number of nitrogens with one attached hydrogen (secondary N) is 2. The topological polar surface area (TPSA) is 386 Å². The highest BCUT2D eigenvalue weighted by atomic mass is 31.3. The SMILES string of the molecule is CC(COP(=O)(O)OP(=O)(O)OP(=O)(O)OP(=O)(O)OCC(C)C(O)C(O)C(C)n1ccc(=O)[nH]c1=O)C(O)C(O)C(C)n1ccc(=O)[nH]c1=O. The van der Waals surface area contributed by atoms with Crippen LogP contribution < -0.4 is 22.5 Å². The summed E-state index contributed by atoms with van der Waals surface area (Å²) in [6.07, 6.45) is -5.02. The zero-order valence-electron chi connectivity index (χ0n) is 26.9. The van der Waals surface area contributed by atoms with Crippen LogP contribution in [0.5, 0.6) is 0 Å². The summed E-state index contributed by atoms with van der Waals surface area (Å²) < 4.78 is 71.1. The molecule has 2 aromatic rings. The summed E-state index contributed by atoms with van der Waals surface area (Å²) in [5.74, 6) is -2.55. The highest BCUT2D eigenvalue weighted by Gasteiger charge is 2.46. The molecule has 2 heterocycles. The molecule has 0 aliphatic carbocycles. The standard InChI is InChI=1S/C22H38N4O21P4/c1-11(17(29)19(31)13(3)25-7-5-15(27)23-21(25)33)9-43-48(35,36)45-50(39,40)47-51(41,42)46-49(37,38)44-10-12(2)18(30)20(32)14(4)26-8-6-16(28)24-22(26)34/h5-8,11-14,17-20,29-32H,9-10H2,1-4H3,(H,35,36)(H,37,38)(H,39,40)(H,41,42)(H,23,27,33)(H,24,28,34). The Morgan fingerprint density at radius 3 is 1.16 bits per heavy atom. The monoisotopic (exact) mass is 818 g/mol. The highest BCUT2D eigenvalue weighted by Crippen LogP contribution is 2.71. The molecule has 29 heteroatoms. The van der Waals surface area contributed by atoms with E-state index in [9.17, 15) is 77.4 Å². The first-order valence-corrected chi connectivity index (χ1v) is 20.2. The van der Waals surface area contributed by atoms with Gasteiger partial charge in [0.05, 0.1) is 37.5 Å². The van der Waals surface area contributed by atoms with Crippen molar-refractivity contribution < 1.29 is 80.2 Å². The van der Waals surface area contributed by atoms with Gasteiger partial charge in [-0.05, 0) is 13.8 Å². The van der Waals surface area contributed by atoms with Gasteiger partial charge in [-0.15, -0.1) is 0 Å². The summed E-state index contributed by atoms with van der Waals surface area (Å²) in [7, 11) is -23.8. The van der Waals surface area contributed by atoms with Gasteiger partial charge < -0.3 is 40.0 Å². The average Bonchev–Trinajstić information content (AvgIpc) is 2.98. The summed E-state index contributed by atoms with van der Waals surface area (Å²) in [5.41, 5.74) is -3.32. The van der Waals surface area contributed by atoms with Gasteiger partial charge in [0.15, 0.2) is 0 Å². The summed E-state index contributed by atoms with van der Waals surface area (Å²) in [4.78, 5) is 89.4. The maximum atomic E-state index is 12.3. The molecule has 0 bridgehead atoms. The lowest BCUT2D eigenvalue weighted by atomic mass is 9.96. The van der Waals surface area contributed by atoms with Crippen LogP contribution in [0.25, 0.3) is 0 Å². The van der Waals surface area contributed by atoms with Gasteiger partial charge in [0.1, 0.15) is 12.2 Å². The van der Waals surface area contributed by atoms with Crippen LogP contribution in [0.1, 0.15) is 39.8 Å². The molecule has 12 atom stereocenters. The van der Waals surface area contributed by atoms with Crippen LogP contribution in [0.15, 0.2) is 43.7 Å². The van der Waals surface area contributed by atoms with E-state index >= 15 is 0 Å². The molecule has 0 aromatic carbocycles. The molecule has 0 spiro atoms. The summed E-state index contributed by atoms with van der Waals surface area (Å²) >= 11 is 0. The van der Waals surface area contributed by atoms with Gasteiger partial charge in [0.2, 0.25) is 0 Å². The number of aliphatic hydroxyl groups excluding tert-OH is 4. The molecule has 12 unspecified atom stereocenters. The number of hydrogen-bond donors (Lipinski definition) is 10. The van der Waals surface area contributed by atoms with Crippen molar-refractivity contribution in [2.75, 3.05) is 13.2 Å². The normalized spacial score (nSPS) is 21.7. The summed E-state index contributed by atoms with van der Waals surface area (Å²) in [5, 5.41) is 41.7. The van der Waals surface area contributed by atoms with E-state index in [1.54, 1.807) is 0 Å². The molecule has 51 heavy (non-hydrogen) atoms. The fourth-order valence-electron chi connectivity index (χ4n) is 4.16. The molecule has 2 aromatic heterocycles. The molecule has 0 saturated heterocycles. The molecule has 0 amide bonds. The third-order valence-corrected chi connectivity index (χ3v) is 13.0. The molecule has 0 saturated carbocycles. The Kier molecular flexibility index (Phi) is 15.6. The maximum absolute atomic E-state index is 12.3. The van der Waals surface area contributed by atoms with Crippen molar-refractivity contribution in [1.82, 2.24) is 19.1 Å². The van der Waals surface area contributed by atoms with E-state index in [0.29, 0.717) is 0 Å². The van der Waals surface area contributed by atoms with Gasteiger partial charge in [0.25, 0.3) is 11.1 Å². The van der Waals surface area contributed by atoms with Crippen molar-refractivity contribution >= 4 is 31.3 Å². The average molecular weight is 818 g/mol. The fourth-order valence-corrected chi connectivity index (χ4v) is 9.29. The van der Waals surface area contributed by atoms with E-state index in [0.717, 1.165) is 47.5 Å². The first-order valence-electron chi connectivity index (χ1n) is 14.3. The lowest BCUT2D eigenvalue weighted by molar-refractivity contribution is -0.0478. The van der Waals surface area contributed by atoms with E-state index in [4.69, 9.17) is 0 Å². The fraction of sp³-hybridized carbons (Fsp3) is 0.636. The third kappa shape index (κ3) is 13.6. The van der Waals surface area contributed by atoms with Gasteiger partial charge in [-0.25, -0.2) is 27.8 Å². The Bertz CT molecular complexity index is 1790. The minimum absolute atomic E-state index is 0.733. The summed E-state index contributed by atoms with van der Waals surface area (Å²) in [6.45, 7) is 2.90. The second kappa shape index (κ2) is 17.7. The number of hydrogen-bond acceptors (Lipinski definition) is 17. The van der Waals surface area contributed by atoms with E-state index in [-0.39, 0.29) is 0 Å². The van der Waals surface area contributed by atoms with Crippen LogP contribution in [0.3, 0.4) is 0 Å². The highest BCUT2D eigenvalue weighted by molar-refractivity contribution is 7.69. The van der Waals surface area contributed by atoms with E-state index in [1.807, 2.05) is 9.97 Å². The van der Waals surface area contributed by atoms with Crippen molar-refractivity contribution in [2.45, 2.75) is 64.2 Å². The van der Waals surface area contributed by atoms with Gasteiger partial charge in [-0.3, -0.25) is 37.7 Å². The van der Waals surface area contributed by atoms with Crippen LogP contribution in [0, 0.1) is 11.8 Å². The number of aliphatic hydroxyl groups is 4. The Labute approximate surface area is 286 Å². The van der Waals surface area contributed by atoms with Crippen LogP contribution >= 0.6 is 31.3 Å². The van der Waals surface area contributed by atoms with Crippen LogP contribution in [0.4, 0.5) is 0 Å².